The van der Waals surface area contributed by atoms with Crippen LogP contribution < -0.4 is 5.32 Å². The minimum absolute atomic E-state index is 1.01. The van der Waals surface area contributed by atoms with Gasteiger partial charge in [0.1, 0.15) is 0 Å². The first-order chi connectivity index (χ1) is 6.29. The largest absolute Gasteiger partial charge is 0.388 e. The molecule has 0 spiro atoms. The van der Waals surface area contributed by atoms with Crippen molar-refractivity contribution < 1.29 is 0 Å². The standard InChI is InChI=1S/C12H17N/c1-4-5-8-11-10(2)7-6-9-12(11)13-3/h4-7,9,13H,8H2,1-3H3/b5-4+. The molecule has 0 saturated heterocycles. The lowest BCUT2D eigenvalue weighted by molar-refractivity contribution is 1.20. The second-order valence-electron chi connectivity index (χ2n) is 3.12. The number of anilines is 1. The van der Waals surface area contributed by atoms with Gasteiger partial charge in [0.05, 0.1) is 0 Å². The summed E-state index contributed by atoms with van der Waals surface area (Å²) in [7, 11) is 1.97. The van der Waals surface area contributed by atoms with Crippen molar-refractivity contribution in [3.8, 4) is 0 Å². The fraction of sp³-hybridized carbons (Fsp3) is 0.333. The van der Waals surface area contributed by atoms with Crippen molar-refractivity contribution >= 4 is 5.69 Å². The first-order valence-electron chi connectivity index (χ1n) is 4.67. The van der Waals surface area contributed by atoms with Crippen molar-refractivity contribution in [2.24, 2.45) is 0 Å². The molecule has 1 aromatic rings. The van der Waals surface area contributed by atoms with Gasteiger partial charge in [0.2, 0.25) is 0 Å². The van der Waals surface area contributed by atoms with E-state index in [4.69, 9.17) is 0 Å². The molecule has 0 aromatic heterocycles. The SMILES string of the molecule is C/C=C/Cc1c(C)cccc1NC. The molecule has 0 unspecified atom stereocenters. The highest BCUT2D eigenvalue weighted by atomic mass is 14.8. The van der Waals surface area contributed by atoms with E-state index in [9.17, 15) is 0 Å². The molecule has 0 radical (unpaired) electrons. The first-order valence-corrected chi connectivity index (χ1v) is 4.67. The third-order valence-corrected chi connectivity index (χ3v) is 2.24. The van der Waals surface area contributed by atoms with E-state index >= 15 is 0 Å². The Hall–Kier alpha value is -1.24. The Morgan fingerprint density at radius 3 is 2.77 bits per heavy atom. The summed E-state index contributed by atoms with van der Waals surface area (Å²) in [4.78, 5) is 0. The van der Waals surface area contributed by atoms with Crippen LogP contribution in [0.25, 0.3) is 0 Å². The maximum Gasteiger partial charge on any atom is 0.0375 e. The molecule has 1 rings (SSSR count). The van der Waals surface area contributed by atoms with E-state index in [-0.39, 0.29) is 0 Å². The predicted molar refractivity (Wildman–Crippen MR) is 59.2 cm³/mol. The van der Waals surface area contributed by atoms with Gasteiger partial charge in [-0.25, -0.2) is 0 Å². The number of hydrogen-bond acceptors (Lipinski definition) is 1. The van der Waals surface area contributed by atoms with Crippen LogP contribution in [-0.4, -0.2) is 7.05 Å². The molecule has 0 atom stereocenters. The van der Waals surface area contributed by atoms with Crippen LogP contribution >= 0.6 is 0 Å². The van der Waals surface area contributed by atoms with Crippen LogP contribution in [-0.2, 0) is 6.42 Å². The Morgan fingerprint density at radius 1 is 1.38 bits per heavy atom. The molecule has 1 nitrogen and oxygen atoms in total. The lowest BCUT2D eigenvalue weighted by Gasteiger charge is -2.09. The predicted octanol–water partition coefficient (Wildman–Crippen LogP) is 3.16. The first kappa shape index (κ1) is 9.85. The average Bonchev–Trinajstić information content (AvgIpc) is 2.15. The molecule has 0 aliphatic rings. The molecule has 0 saturated carbocycles. The molecule has 1 heteroatoms. The highest BCUT2D eigenvalue weighted by Gasteiger charge is 2.00. The van der Waals surface area contributed by atoms with Crippen molar-refractivity contribution in [3.63, 3.8) is 0 Å². The topological polar surface area (TPSA) is 12.0 Å². The van der Waals surface area contributed by atoms with Gasteiger partial charge in [-0.05, 0) is 37.5 Å². The maximum absolute atomic E-state index is 3.21. The highest BCUT2D eigenvalue weighted by Crippen LogP contribution is 2.19. The van der Waals surface area contributed by atoms with Gasteiger partial charge in [-0.1, -0.05) is 24.3 Å². The Bertz CT molecular complexity index is 300. The lowest BCUT2D eigenvalue weighted by atomic mass is 10.0. The Balaban J connectivity index is 3.00. The van der Waals surface area contributed by atoms with Gasteiger partial charge in [-0.3, -0.25) is 0 Å². The zero-order chi connectivity index (χ0) is 9.68. The Kier molecular flexibility index (Phi) is 3.56. The summed E-state index contributed by atoms with van der Waals surface area (Å²) in [5.74, 6) is 0. The molecular formula is C12H17N. The van der Waals surface area contributed by atoms with Crippen LogP contribution in [0.3, 0.4) is 0 Å². The van der Waals surface area contributed by atoms with Crippen molar-refractivity contribution in [2.75, 3.05) is 12.4 Å². The summed E-state index contributed by atoms with van der Waals surface area (Å²) in [6.45, 7) is 4.21. The number of rotatable bonds is 3. The second kappa shape index (κ2) is 4.70. The number of aryl methyl sites for hydroxylation is 1. The quantitative estimate of drug-likeness (QED) is 0.696. The van der Waals surface area contributed by atoms with Crippen LogP contribution in [0.4, 0.5) is 5.69 Å². The van der Waals surface area contributed by atoms with E-state index in [2.05, 4.69) is 49.5 Å². The molecule has 70 valence electrons. The highest BCUT2D eigenvalue weighted by molar-refractivity contribution is 5.54. The van der Waals surface area contributed by atoms with E-state index < -0.39 is 0 Å². The summed E-state index contributed by atoms with van der Waals surface area (Å²) in [6.07, 6.45) is 5.29. The van der Waals surface area contributed by atoms with Gasteiger partial charge >= 0.3 is 0 Å². The fourth-order valence-corrected chi connectivity index (χ4v) is 1.44. The van der Waals surface area contributed by atoms with Gasteiger partial charge in [-0.15, -0.1) is 0 Å². The Morgan fingerprint density at radius 2 is 2.15 bits per heavy atom. The van der Waals surface area contributed by atoms with Crippen molar-refractivity contribution in [2.45, 2.75) is 20.3 Å². The molecule has 0 heterocycles. The molecule has 0 bridgehead atoms. The van der Waals surface area contributed by atoms with Crippen LogP contribution in [0.5, 0.6) is 0 Å². The number of hydrogen-bond donors (Lipinski definition) is 1. The van der Waals surface area contributed by atoms with E-state index in [0.717, 1.165) is 6.42 Å². The Labute approximate surface area is 80.5 Å². The molecular weight excluding hydrogens is 158 g/mol. The van der Waals surface area contributed by atoms with Gasteiger partial charge < -0.3 is 5.32 Å². The number of allylic oxidation sites excluding steroid dienone is 2. The molecule has 1 aromatic carbocycles. The lowest BCUT2D eigenvalue weighted by Crippen LogP contribution is -1.96. The second-order valence-corrected chi connectivity index (χ2v) is 3.12. The normalized spacial score (nSPS) is 10.7. The summed E-state index contributed by atoms with van der Waals surface area (Å²) >= 11 is 0. The van der Waals surface area contributed by atoms with E-state index in [0.29, 0.717) is 0 Å². The molecule has 0 aliphatic carbocycles. The van der Waals surface area contributed by atoms with E-state index in [1.165, 1.54) is 16.8 Å². The maximum atomic E-state index is 3.21. The molecule has 0 amide bonds. The van der Waals surface area contributed by atoms with Gasteiger partial charge in [-0.2, -0.15) is 0 Å². The summed E-state index contributed by atoms with van der Waals surface area (Å²) in [6, 6.07) is 6.35. The minimum atomic E-state index is 1.01. The smallest absolute Gasteiger partial charge is 0.0375 e. The average molecular weight is 175 g/mol. The molecule has 1 N–H and O–H groups in total. The summed E-state index contributed by atoms with van der Waals surface area (Å²) < 4.78 is 0. The minimum Gasteiger partial charge on any atom is -0.388 e. The molecule has 13 heavy (non-hydrogen) atoms. The summed E-state index contributed by atoms with van der Waals surface area (Å²) in [5, 5.41) is 3.21. The third kappa shape index (κ3) is 2.35. The summed E-state index contributed by atoms with van der Waals surface area (Å²) in [5.41, 5.74) is 3.98. The van der Waals surface area contributed by atoms with Gasteiger partial charge in [0.25, 0.3) is 0 Å². The number of nitrogens with one attached hydrogen (secondary N) is 1. The van der Waals surface area contributed by atoms with Crippen molar-refractivity contribution in [1.29, 1.82) is 0 Å². The van der Waals surface area contributed by atoms with Crippen LogP contribution in [0.1, 0.15) is 18.1 Å². The van der Waals surface area contributed by atoms with Crippen molar-refractivity contribution in [3.05, 3.63) is 41.5 Å². The fourth-order valence-electron chi connectivity index (χ4n) is 1.44. The monoisotopic (exact) mass is 175 g/mol. The molecule has 0 fully saturated rings. The zero-order valence-corrected chi connectivity index (χ0v) is 8.59. The van der Waals surface area contributed by atoms with Gasteiger partial charge in [0, 0.05) is 12.7 Å². The van der Waals surface area contributed by atoms with Gasteiger partial charge in [0.15, 0.2) is 0 Å². The zero-order valence-electron chi connectivity index (χ0n) is 8.59. The van der Waals surface area contributed by atoms with E-state index in [1.54, 1.807) is 0 Å². The van der Waals surface area contributed by atoms with Crippen LogP contribution in [0.15, 0.2) is 30.4 Å². The third-order valence-electron chi connectivity index (χ3n) is 2.24. The molecule has 0 aliphatic heterocycles. The van der Waals surface area contributed by atoms with Crippen LogP contribution in [0.2, 0.25) is 0 Å². The number of benzene rings is 1. The van der Waals surface area contributed by atoms with E-state index in [1.807, 2.05) is 7.05 Å². The van der Waals surface area contributed by atoms with Crippen LogP contribution in [0, 0.1) is 6.92 Å². The van der Waals surface area contributed by atoms with Crippen molar-refractivity contribution in [1.82, 2.24) is 0 Å².